The smallest absolute Gasteiger partial charge is 0 e. The summed E-state index contributed by atoms with van der Waals surface area (Å²) in [6.45, 7) is 12.5. The maximum atomic E-state index is 2.65. The fraction of sp³-hybridized carbons (Fsp3) is 0.143. The molecule has 293 valence electrons. The van der Waals surface area contributed by atoms with Crippen LogP contribution in [0.15, 0.2) is 146 Å². The second kappa shape index (κ2) is 37.2. The van der Waals surface area contributed by atoms with Crippen molar-refractivity contribution in [1.82, 2.24) is 0 Å². The van der Waals surface area contributed by atoms with Gasteiger partial charge in [0.1, 0.15) is 0 Å². The fourth-order valence-electron chi connectivity index (χ4n) is 3.40. The molecule has 0 aliphatic heterocycles. The molecule has 6 unspecified atom stereocenters. The van der Waals surface area contributed by atoms with Crippen molar-refractivity contribution in [3.63, 3.8) is 0 Å². The zero-order valence-corrected chi connectivity index (χ0v) is 42.5. The van der Waals surface area contributed by atoms with Crippen LogP contribution in [0.4, 0.5) is 0 Å². The van der Waals surface area contributed by atoms with Crippen molar-refractivity contribution in [2.24, 2.45) is 0 Å². The Morgan fingerprint density at radius 1 is 0.208 bits per heavy atom. The number of hydrogen-bond acceptors (Lipinski definition) is 0. The Morgan fingerprint density at radius 3 is 0.340 bits per heavy atom. The van der Waals surface area contributed by atoms with Crippen LogP contribution >= 0.6 is 105 Å². The van der Waals surface area contributed by atoms with E-state index >= 15 is 0 Å². The van der Waals surface area contributed by atoms with E-state index in [0.717, 1.165) is 0 Å². The van der Waals surface area contributed by atoms with E-state index < -0.39 is 0 Å². The van der Waals surface area contributed by atoms with Crippen molar-refractivity contribution >= 4 is 137 Å². The van der Waals surface area contributed by atoms with Gasteiger partial charge < -0.3 is 0 Å². The van der Waals surface area contributed by atoms with Gasteiger partial charge in [-0.15, -0.1) is 105 Å². The molecule has 0 spiro atoms. The molecule has 0 amide bonds. The molecule has 6 aromatic rings. The average Bonchev–Trinajstić information content (AvgIpc) is 3.07. The van der Waals surface area contributed by atoms with E-state index in [9.17, 15) is 0 Å². The normalized spacial score (nSPS) is 8.38. The number of rotatable bonds is 0. The minimum absolute atomic E-state index is 0. The van der Waals surface area contributed by atoms with Gasteiger partial charge >= 0.3 is 0 Å². The minimum atomic E-state index is 0. The van der Waals surface area contributed by atoms with Gasteiger partial charge in [-0.25, -0.2) is 0 Å². The first-order chi connectivity index (χ1) is 22.7. The zero-order valence-electron chi connectivity index (χ0n) is 31.3. The van der Waals surface area contributed by atoms with Crippen molar-refractivity contribution in [3.8, 4) is 0 Å². The summed E-state index contributed by atoms with van der Waals surface area (Å²) in [5.74, 6) is 0. The van der Waals surface area contributed by atoms with Crippen LogP contribution in [0.25, 0.3) is 0 Å². The molecule has 0 aliphatic rings. The minimum Gasteiger partial charge on any atom is -0.147 e. The molecule has 0 heterocycles. The molecule has 0 saturated carbocycles. The molecule has 0 nitrogen and oxygen atoms in total. The Balaban J connectivity index is -0.000000171. The van der Waals surface area contributed by atoms with Crippen LogP contribution in [0.2, 0.25) is 0 Å². The van der Waals surface area contributed by atoms with E-state index in [2.05, 4.69) is 243 Å². The summed E-state index contributed by atoms with van der Waals surface area (Å²) >= 11 is 0. The molecule has 6 atom stereocenters. The maximum absolute atomic E-state index is 2.65. The molecule has 11 heteroatoms. The molecular weight excluding hydrogens is 891 g/mol. The molecule has 0 aromatic heterocycles. The quantitative estimate of drug-likeness (QED) is 0.133. The summed E-state index contributed by atoms with van der Waals surface area (Å²) < 4.78 is 0. The molecule has 6 rings (SSSR count). The molecule has 0 N–H and O–H groups in total. The predicted molar refractivity (Wildman–Crippen MR) is 272 cm³/mol. The average molecular weight is 950 g/mol. The van der Waals surface area contributed by atoms with Gasteiger partial charge in [-0.3, -0.25) is 0 Å². The molecule has 0 fully saturated rings. The van der Waals surface area contributed by atoms with Crippen molar-refractivity contribution in [3.05, 3.63) is 179 Å². The zero-order chi connectivity index (χ0) is 35.9. The third kappa shape index (κ3) is 35.7. The number of aryl methyl sites for hydroxylation is 6. The number of halogens is 4. The van der Waals surface area contributed by atoms with E-state index in [4.69, 9.17) is 0 Å². The van der Waals surface area contributed by atoms with Crippen molar-refractivity contribution in [1.29, 1.82) is 0 Å². The first kappa shape index (κ1) is 61.8. The van der Waals surface area contributed by atoms with Crippen LogP contribution in [-0.4, -0.2) is 0 Å². The van der Waals surface area contributed by atoms with Gasteiger partial charge in [0.05, 0.1) is 0 Å². The molecule has 1 radical (unpaired) electrons. The first-order valence-electron chi connectivity index (χ1n) is 15.7. The van der Waals surface area contributed by atoms with Crippen molar-refractivity contribution in [2.45, 2.75) is 41.5 Å². The Bertz CT molecular complexity index is 1220. The van der Waals surface area contributed by atoms with Crippen molar-refractivity contribution in [2.75, 3.05) is 0 Å². The van der Waals surface area contributed by atoms with E-state index in [1.165, 1.54) is 65.2 Å². The monoisotopic (exact) mass is 947 g/mol. The van der Waals surface area contributed by atoms with E-state index in [0.29, 0.717) is 0 Å². The SMILES string of the molecule is Cc1ccc(P)cc1.Cc1ccc(P)cc1.Cc1ccc(P)cc1.Cc1ccc(P)cc1.Cc1ccc(P)cc1.Cc1ccc(P)cc1.Cl.Cl.Cl.Cl.[Co]. The molecular formula is C42H58Cl4CoP6. The van der Waals surface area contributed by atoms with Gasteiger partial charge in [0, 0.05) is 16.8 Å². The van der Waals surface area contributed by atoms with Crippen LogP contribution in [0, 0.1) is 41.5 Å². The Labute approximate surface area is 371 Å². The summed E-state index contributed by atoms with van der Waals surface area (Å²) in [5, 5.41) is 7.48. The summed E-state index contributed by atoms with van der Waals surface area (Å²) in [5.41, 5.74) is 7.90. The molecule has 6 aromatic carbocycles. The third-order valence-corrected chi connectivity index (χ3v) is 8.77. The second-order valence-electron chi connectivity index (χ2n) is 11.5. The van der Waals surface area contributed by atoms with Gasteiger partial charge in [0.2, 0.25) is 0 Å². The second-order valence-corrected chi connectivity index (χ2v) is 15.5. The van der Waals surface area contributed by atoms with Crippen LogP contribution in [0.3, 0.4) is 0 Å². The summed E-state index contributed by atoms with van der Waals surface area (Å²) in [4.78, 5) is 0. The Hall–Kier alpha value is -0.434. The van der Waals surface area contributed by atoms with Gasteiger partial charge in [0.15, 0.2) is 0 Å². The predicted octanol–water partition coefficient (Wildman–Crippen LogP) is 10.7. The van der Waals surface area contributed by atoms with Crippen LogP contribution in [0.1, 0.15) is 33.4 Å². The van der Waals surface area contributed by atoms with E-state index in [-0.39, 0.29) is 66.4 Å². The number of benzene rings is 6. The molecule has 0 saturated heterocycles. The van der Waals surface area contributed by atoms with E-state index in [1.807, 2.05) is 0 Å². The van der Waals surface area contributed by atoms with Crippen molar-refractivity contribution < 1.29 is 16.8 Å². The Morgan fingerprint density at radius 2 is 0.283 bits per heavy atom. The number of hydrogen-bond donors (Lipinski definition) is 0. The molecule has 53 heavy (non-hydrogen) atoms. The van der Waals surface area contributed by atoms with Gasteiger partial charge in [0.25, 0.3) is 0 Å². The fourth-order valence-corrected chi connectivity index (χ4v) is 4.55. The summed E-state index contributed by atoms with van der Waals surface area (Å²) in [7, 11) is 15.9. The summed E-state index contributed by atoms with van der Waals surface area (Å²) in [6, 6.07) is 50.2. The van der Waals surface area contributed by atoms with Crippen LogP contribution in [0.5, 0.6) is 0 Å². The van der Waals surface area contributed by atoms with Crippen LogP contribution < -0.4 is 31.8 Å². The maximum Gasteiger partial charge on any atom is 0 e. The van der Waals surface area contributed by atoms with Crippen LogP contribution in [-0.2, 0) is 16.8 Å². The summed E-state index contributed by atoms with van der Waals surface area (Å²) in [6.07, 6.45) is 0. The Kier molecular flexibility index (Phi) is 43.3. The standard InChI is InChI=1S/6C7H9P.4ClH.Co/c6*1-6-2-4-7(8)5-3-6;;;;;/h6*2-5H,8H2,1H3;4*1H;. The third-order valence-electron chi connectivity index (χ3n) is 6.46. The molecule has 0 aliphatic carbocycles. The molecule has 0 bridgehead atoms. The van der Waals surface area contributed by atoms with E-state index in [1.54, 1.807) is 0 Å². The topological polar surface area (TPSA) is 0 Å². The van der Waals surface area contributed by atoms with Gasteiger partial charge in [-0.2, -0.15) is 0 Å². The van der Waals surface area contributed by atoms with Gasteiger partial charge in [-0.1, -0.05) is 179 Å². The largest absolute Gasteiger partial charge is 0.147 e. The first-order valence-corrected chi connectivity index (χ1v) is 19.1. The van der Waals surface area contributed by atoms with Gasteiger partial charge in [-0.05, 0) is 73.4 Å².